The fourth-order valence-corrected chi connectivity index (χ4v) is 2.62. The molecule has 0 fully saturated rings. The van der Waals surface area contributed by atoms with Crippen molar-refractivity contribution in [1.82, 2.24) is 5.32 Å². The predicted octanol–water partition coefficient (Wildman–Crippen LogP) is 5.11. The fraction of sp³-hybridized carbons (Fsp3) is 0.368. The maximum Gasteiger partial charge on any atom is 0.0915 e. The molecule has 0 spiro atoms. The van der Waals surface area contributed by atoms with Crippen LogP contribution in [0, 0.1) is 0 Å². The molecule has 0 aliphatic rings. The van der Waals surface area contributed by atoms with E-state index in [-0.39, 0.29) is 5.41 Å². The highest BCUT2D eigenvalue weighted by molar-refractivity contribution is 6.42. The van der Waals surface area contributed by atoms with Crippen LogP contribution in [-0.2, 0) is 12.0 Å². The topological polar surface area (TPSA) is 32.3 Å². The predicted molar refractivity (Wildman–Crippen MR) is 98.3 cm³/mol. The van der Waals surface area contributed by atoms with Gasteiger partial charge in [0.15, 0.2) is 0 Å². The number of nitrogens with one attached hydrogen (secondary N) is 1. The van der Waals surface area contributed by atoms with Gasteiger partial charge >= 0.3 is 0 Å². The summed E-state index contributed by atoms with van der Waals surface area (Å²) in [7, 11) is 0. The van der Waals surface area contributed by atoms with Crippen LogP contribution in [0.3, 0.4) is 0 Å². The summed E-state index contributed by atoms with van der Waals surface area (Å²) in [6.07, 6.45) is -0.612. The van der Waals surface area contributed by atoms with Crippen molar-refractivity contribution in [1.29, 1.82) is 0 Å². The fourth-order valence-electron chi connectivity index (χ4n) is 2.31. The standard InChI is InChI=1S/C19H23Cl2NO/c1-19(2,3)15-7-4-13(5-8-15)11-22-12-18(23)14-6-9-16(20)17(21)10-14/h4-10,18,22-23H,11-12H2,1-3H3. The summed E-state index contributed by atoms with van der Waals surface area (Å²) in [5, 5.41) is 14.4. The highest BCUT2D eigenvalue weighted by Crippen LogP contribution is 2.25. The molecule has 0 aliphatic heterocycles. The number of hydrogen-bond acceptors (Lipinski definition) is 2. The van der Waals surface area contributed by atoms with E-state index in [4.69, 9.17) is 23.2 Å². The smallest absolute Gasteiger partial charge is 0.0915 e. The van der Waals surface area contributed by atoms with Crippen molar-refractivity contribution in [2.45, 2.75) is 38.8 Å². The lowest BCUT2D eigenvalue weighted by atomic mass is 9.87. The summed E-state index contributed by atoms with van der Waals surface area (Å²) in [5.41, 5.74) is 3.43. The molecule has 2 N–H and O–H groups in total. The van der Waals surface area contributed by atoms with Gasteiger partial charge in [-0.25, -0.2) is 0 Å². The average molecular weight is 352 g/mol. The lowest BCUT2D eigenvalue weighted by molar-refractivity contribution is 0.174. The Hall–Kier alpha value is -1.06. The van der Waals surface area contributed by atoms with E-state index < -0.39 is 6.10 Å². The van der Waals surface area contributed by atoms with Crippen molar-refractivity contribution in [3.63, 3.8) is 0 Å². The van der Waals surface area contributed by atoms with Crippen molar-refractivity contribution in [3.05, 3.63) is 69.2 Å². The number of benzene rings is 2. The average Bonchev–Trinajstić information content (AvgIpc) is 2.49. The minimum Gasteiger partial charge on any atom is -0.387 e. The molecular weight excluding hydrogens is 329 g/mol. The minimum absolute atomic E-state index is 0.163. The van der Waals surface area contributed by atoms with Crippen molar-refractivity contribution in [2.75, 3.05) is 6.54 Å². The van der Waals surface area contributed by atoms with Gasteiger partial charge in [0.1, 0.15) is 0 Å². The van der Waals surface area contributed by atoms with Crippen LogP contribution < -0.4 is 5.32 Å². The second-order valence-electron chi connectivity index (χ2n) is 6.77. The quantitative estimate of drug-likeness (QED) is 0.783. The van der Waals surface area contributed by atoms with Crippen LogP contribution in [0.15, 0.2) is 42.5 Å². The van der Waals surface area contributed by atoms with Gasteiger partial charge in [-0.3, -0.25) is 0 Å². The Bertz CT molecular complexity index is 647. The molecule has 0 saturated carbocycles. The molecule has 23 heavy (non-hydrogen) atoms. The summed E-state index contributed by atoms with van der Waals surface area (Å²) >= 11 is 11.9. The summed E-state index contributed by atoms with van der Waals surface area (Å²) in [6, 6.07) is 13.8. The number of halogens is 2. The Balaban J connectivity index is 1.88. The van der Waals surface area contributed by atoms with Crippen molar-refractivity contribution in [2.24, 2.45) is 0 Å². The Morgan fingerprint density at radius 2 is 1.65 bits per heavy atom. The zero-order valence-corrected chi connectivity index (χ0v) is 15.2. The second-order valence-corrected chi connectivity index (χ2v) is 7.58. The first kappa shape index (κ1) is 18.3. The number of hydrogen-bond donors (Lipinski definition) is 2. The first-order chi connectivity index (χ1) is 10.8. The van der Waals surface area contributed by atoms with E-state index in [0.29, 0.717) is 23.1 Å². The third-order valence-corrected chi connectivity index (χ3v) is 4.55. The largest absolute Gasteiger partial charge is 0.387 e. The van der Waals surface area contributed by atoms with Gasteiger partial charge in [0.25, 0.3) is 0 Å². The zero-order chi connectivity index (χ0) is 17.0. The molecule has 0 amide bonds. The van der Waals surface area contributed by atoms with Gasteiger partial charge in [-0.2, -0.15) is 0 Å². The van der Waals surface area contributed by atoms with Crippen molar-refractivity contribution in [3.8, 4) is 0 Å². The molecule has 0 aliphatic carbocycles. The number of aliphatic hydroxyl groups excluding tert-OH is 1. The minimum atomic E-state index is -0.612. The van der Waals surface area contributed by atoms with Gasteiger partial charge in [0.2, 0.25) is 0 Å². The Labute approximate surface area is 148 Å². The van der Waals surface area contributed by atoms with Crippen LogP contribution in [0.25, 0.3) is 0 Å². The van der Waals surface area contributed by atoms with Gasteiger partial charge in [-0.1, -0.05) is 74.3 Å². The van der Waals surface area contributed by atoms with E-state index in [1.165, 1.54) is 11.1 Å². The molecular formula is C19H23Cl2NO. The summed E-state index contributed by atoms with van der Waals surface area (Å²) < 4.78 is 0. The first-order valence-electron chi connectivity index (χ1n) is 7.70. The number of rotatable bonds is 5. The van der Waals surface area contributed by atoms with E-state index >= 15 is 0 Å². The molecule has 2 aromatic rings. The molecule has 4 heteroatoms. The van der Waals surface area contributed by atoms with Crippen LogP contribution in [0.5, 0.6) is 0 Å². The van der Waals surface area contributed by atoms with Gasteiger partial charge in [0, 0.05) is 13.1 Å². The molecule has 0 heterocycles. The lowest BCUT2D eigenvalue weighted by Gasteiger charge is -2.19. The summed E-state index contributed by atoms with van der Waals surface area (Å²) in [5.74, 6) is 0. The maximum atomic E-state index is 10.2. The third-order valence-electron chi connectivity index (χ3n) is 3.82. The summed E-state index contributed by atoms with van der Waals surface area (Å²) in [4.78, 5) is 0. The van der Waals surface area contributed by atoms with Crippen molar-refractivity contribution < 1.29 is 5.11 Å². The molecule has 0 aromatic heterocycles. The van der Waals surface area contributed by atoms with Crippen LogP contribution in [0.1, 0.15) is 43.6 Å². The van der Waals surface area contributed by atoms with E-state index in [2.05, 4.69) is 50.4 Å². The molecule has 0 bridgehead atoms. The Kier molecular flexibility index (Phi) is 6.10. The molecule has 2 aromatic carbocycles. The molecule has 124 valence electrons. The number of aliphatic hydroxyl groups is 1. The zero-order valence-electron chi connectivity index (χ0n) is 13.7. The Morgan fingerprint density at radius 1 is 1.00 bits per heavy atom. The highest BCUT2D eigenvalue weighted by Gasteiger charge is 2.13. The van der Waals surface area contributed by atoms with E-state index in [9.17, 15) is 5.11 Å². The summed E-state index contributed by atoms with van der Waals surface area (Å²) in [6.45, 7) is 7.78. The van der Waals surface area contributed by atoms with Gasteiger partial charge in [-0.05, 0) is 34.2 Å². The first-order valence-corrected chi connectivity index (χ1v) is 8.46. The van der Waals surface area contributed by atoms with Gasteiger partial charge < -0.3 is 10.4 Å². The molecule has 2 nitrogen and oxygen atoms in total. The third kappa shape index (κ3) is 5.22. The van der Waals surface area contributed by atoms with Crippen molar-refractivity contribution >= 4 is 23.2 Å². The highest BCUT2D eigenvalue weighted by atomic mass is 35.5. The second kappa shape index (κ2) is 7.67. The van der Waals surface area contributed by atoms with Crippen LogP contribution in [0.2, 0.25) is 10.0 Å². The van der Waals surface area contributed by atoms with Crippen LogP contribution in [0.4, 0.5) is 0 Å². The monoisotopic (exact) mass is 351 g/mol. The Morgan fingerprint density at radius 3 is 2.22 bits per heavy atom. The SMILES string of the molecule is CC(C)(C)c1ccc(CNCC(O)c2ccc(Cl)c(Cl)c2)cc1. The molecule has 1 atom stereocenters. The molecule has 0 radical (unpaired) electrons. The lowest BCUT2D eigenvalue weighted by Crippen LogP contribution is -2.21. The van der Waals surface area contributed by atoms with Crippen LogP contribution in [-0.4, -0.2) is 11.7 Å². The normalized spacial score (nSPS) is 13.1. The molecule has 2 rings (SSSR count). The molecule has 0 saturated heterocycles. The van der Waals surface area contributed by atoms with E-state index in [0.717, 1.165) is 5.56 Å². The van der Waals surface area contributed by atoms with Crippen LogP contribution >= 0.6 is 23.2 Å². The van der Waals surface area contributed by atoms with E-state index in [1.807, 2.05) is 0 Å². The van der Waals surface area contributed by atoms with E-state index in [1.54, 1.807) is 18.2 Å². The molecule has 1 unspecified atom stereocenters. The van der Waals surface area contributed by atoms with Gasteiger partial charge in [0.05, 0.1) is 16.1 Å². The van der Waals surface area contributed by atoms with Gasteiger partial charge in [-0.15, -0.1) is 0 Å². The maximum absolute atomic E-state index is 10.2.